The Labute approximate surface area is 186 Å². The first-order valence-electron chi connectivity index (χ1n) is 10.6. The van der Waals surface area contributed by atoms with Gasteiger partial charge in [0.05, 0.1) is 11.3 Å². The van der Waals surface area contributed by atoms with E-state index in [0.29, 0.717) is 11.6 Å². The fraction of sp³-hybridized carbons (Fsp3) is 0.280. The van der Waals surface area contributed by atoms with Crippen LogP contribution >= 0.6 is 11.6 Å². The van der Waals surface area contributed by atoms with Crippen LogP contribution in [-0.4, -0.2) is 46.6 Å². The molecule has 2 aromatic carbocycles. The summed E-state index contributed by atoms with van der Waals surface area (Å²) >= 11 is 6.06. The number of pyridine rings is 1. The number of carboxylic acid groups (broad SMARTS) is 1. The zero-order valence-corrected chi connectivity index (χ0v) is 17.9. The molecular weight excluding hydrogens is 410 g/mol. The Hall–Kier alpha value is -2.89. The summed E-state index contributed by atoms with van der Waals surface area (Å²) in [5.74, 6) is -0.859. The maximum absolute atomic E-state index is 11.3. The maximum atomic E-state index is 11.3. The minimum atomic E-state index is -0.859. The molecule has 2 aliphatic rings. The summed E-state index contributed by atoms with van der Waals surface area (Å²) in [7, 11) is 0. The lowest BCUT2D eigenvalue weighted by Crippen LogP contribution is -2.54. The Morgan fingerprint density at radius 3 is 2.77 bits per heavy atom. The lowest BCUT2D eigenvalue weighted by molar-refractivity contribution is 0.0696. The molecule has 0 spiro atoms. The van der Waals surface area contributed by atoms with E-state index in [0.717, 1.165) is 60.9 Å². The molecular formula is C25H24ClN3O2. The zero-order valence-electron chi connectivity index (χ0n) is 17.2. The van der Waals surface area contributed by atoms with Gasteiger partial charge in [0, 0.05) is 54.7 Å². The zero-order chi connectivity index (χ0) is 21.4. The Bertz CT molecular complexity index is 1120. The molecule has 5 rings (SSSR count). The van der Waals surface area contributed by atoms with Gasteiger partial charge in [0.1, 0.15) is 0 Å². The van der Waals surface area contributed by atoms with Gasteiger partial charge >= 0.3 is 5.97 Å². The quantitative estimate of drug-likeness (QED) is 0.644. The normalized spacial score (nSPS) is 18.4. The number of nitrogens with zero attached hydrogens (tertiary/aromatic N) is 3. The van der Waals surface area contributed by atoms with Crippen molar-refractivity contribution in [3.63, 3.8) is 0 Å². The Morgan fingerprint density at radius 1 is 1.13 bits per heavy atom. The molecule has 0 saturated carbocycles. The molecule has 5 nitrogen and oxygen atoms in total. The molecule has 0 amide bonds. The van der Waals surface area contributed by atoms with Gasteiger partial charge in [-0.05, 0) is 60.4 Å². The predicted octanol–water partition coefficient (Wildman–Crippen LogP) is 4.74. The highest BCUT2D eigenvalue weighted by molar-refractivity contribution is 6.30. The smallest absolute Gasteiger partial charge is 0.335 e. The van der Waals surface area contributed by atoms with E-state index in [2.05, 4.69) is 20.9 Å². The summed E-state index contributed by atoms with van der Waals surface area (Å²) in [6, 6.07) is 18.0. The number of hydrogen-bond donors (Lipinski definition) is 1. The molecule has 0 aliphatic carbocycles. The monoisotopic (exact) mass is 433 g/mol. The van der Waals surface area contributed by atoms with E-state index < -0.39 is 5.97 Å². The van der Waals surface area contributed by atoms with Crippen molar-refractivity contribution in [1.29, 1.82) is 0 Å². The number of halogens is 1. The largest absolute Gasteiger partial charge is 0.478 e. The number of aromatic nitrogens is 1. The van der Waals surface area contributed by atoms with Crippen LogP contribution in [0, 0.1) is 0 Å². The number of rotatable bonds is 4. The van der Waals surface area contributed by atoms with Crippen molar-refractivity contribution >= 4 is 23.3 Å². The lowest BCUT2D eigenvalue weighted by atomic mass is 9.92. The topological polar surface area (TPSA) is 56.7 Å². The first kappa shape index (κ1) is 20.0. The van der Waals surface area contributed by atoms with E-state index in [4.69, 9.17) is 11.6 Å². The molecule has 0 radical (unpaired) electrons. The van der Waals surface area contributed by atoms with E-state index in [-0.39, 0.29) is 0 Å². The molecule has 0 bridgehead atoms. The van der Waals surface area contributed by atoms with Gasteiger partial charge in [0.2, 0.25) is 0 Å². The second-order valence-electron chi connectivity index (χ2n) is 8.29. The highest BCUT2D eigenvalue weighted by Crippen LogP contribution is 2.34. The van der Waals surface area contributed by atoms with Crippen molar-refractivity contribution in [3.8, 4) is 11.3 Å². The summed E-state index contributed by atoms with van der Waals surface area (Å²) in [6.45, 7) is 3.77. The van der Waals surface area contributed by atoms with Crippen LogP contribution in [0.3, 0.4) is 0 Å². The number of aryl methyl sites for hydroxylation is 1. The first-order chi connectivity index (χ1) is 15.1. The van der Waals surface area contributed by atoms with Crippen LogP contribution in [-0.2, 0) is 13.0 Å². The number of carbonyl (C=O) groups is 1. The molecule has 31 heavy (non-hydrogen) atoms. The van der Waals surface area contributed by atoms with Gasteiger partial charge < -0.3 is 10.0 Å². The lowest BCUT2D eigenvalue weighted by Gasteiger charge is -2.46. The average molecular weight is 434 g/mol. The van der Waals surface area contributed by atoms with E-state index in [1.165, 1.54) is 11.3 Å². The number of hydrogen-bond acceptors (Lipinski definition) is 4. The van der Waals surface area contributed by atoms with E-state index in [1.807, 2.05) is 48.7 Å². The minimum Gasteiger partial charge on any atom is -0.478 e. The van der Waals surface area contributed by atoms with Crippen molar-refractivity contribution < 1.29 is 9.90 Å². The van der Waals surface area contributed by atoms with Gasteiger partial charge in [0.15, 0.2) is 0 Å². The van der Waals surface area contributed by atoms with E-state index in [9.17, 15) is 9.90 Å². The SMILES string of the molecule is O=C(O)c1ccc2c(c1)CC[C@@H]1CN(Cc3cccnc3-c3ccc(Cl)cc3)CCN21. The third kappa shape index (κ3) is 4.03. The van der Waals surface area contributed by atoms with Crippen LogP contribution in [0.25, 0.3) is 11.3 Å². The summed E-state index contributed by atoms with van der Waals surface area (Å²) < 4.78 is 0. The van der Waals surface area contributed by atoms with Crippen LogP contribution in [0.4, 0.5) is 5.69 Å². The van der Waals surface area contributed by atoms with Gasteiger partial charge in [0.25, 0.3) is 0 Å². The third-order valence-electron chi connectivity index (χ3n) is 6.35. The average Bonchev–Trinajstić information content (AvgIpc) is 2.79. The number of piperazine rings is 1. The number of carboxylic acids is 1. The highest BCUT2D eigenvalue weighted by Gasteiger charge is 2.32. The Kier molecular flexibility index (Phi) is 5.38. The first-order valence-corrected chi connectivity index (χ1v) is 11.0. The van der Waals surface area contributed by atoms with Crippen molar-refractivity contribution in [2.45, 2.75) is 25.4 Å². The van der Waals surface area contributed by atoms with Crippen molar-refractivity contribution in [2.24, 2.45) is 0 Å². The molecule has 2 aliphatic heterocycles. The van der Waals surface area contributed by atoms with Gasteiger partial charge in [-0.15, -0.1) is 0 Å². The molecule has 6 heteroatoms. The number of fused-ring (bicyclic) bond motifs is 3. The summed E-state index contributed by atoms with van der Waals surface area (Å²) in [5.41, 5.74) is 6.05. The second kappa shape index (κ2) is 8.33. The summed E-state index contributed by atoms with van der Waals surface area (Å²) in [5, 5.41) is 10.0. The molecule has 3 aromatic rings. The van der Waals surface area contributed by atoms with Crippen LogP contribution in [0.5, 0.6) is 0 Å². The number of anilines is 1. The van der Waals surface area contributed by atoms with E-state index >= 15 is 0 Å². The molecule has 1 N–H and O–H groups in total. The third-order valence-corrected chi connectivity index (χ3v) is 6.60. The van der Waals surface area contributed by atoms with Crippen LogP contribution in [0.1, 0.15) is 27.9 Å². The molecule has 1 saturated heterocycles. The fourth-order valence-electron chi connectivity index (χ4n) is 4.82. The van der Waals surface area contributed by atoms with Crippen LogP contribution < -0.4 is 4.90 Å². The standard InChI is InChI=1S/C25H24ClN3O2/c26-21-7-3-17(4-8-21)24-20(2-1-11-27-24)15-28-12-13-29-22(16-28)9-5-18-14-19(25(30)31)6-10-23(18)29/h1-4,6-8,10-11,14,22H,5,9,12-13,15-16H2,(H,30,31)/t22-/m1/s1. The van der Waals surface area contributed by atoms with Gasteiger partial charge in [-0.1, -0.05) is 29.8 Å². The molecule has 1 fully saturated rings. The summed E-state index contributed by atoms with van der Waals surface area (Å²) in [4.78, 5) is 20.9. The van der Waals surface area contributed by atoms with E-state index in [1.54, 1.807) is 6.07 Å². The molecule has 158 valence electrons. The number of aromatic carboxylic acids is 1. The summed E-state index contributed by atoms with van der Waals surface area (Å²) in [6.07, 6.45) is 3.81. The Morgan fingerprint density at radius 2 is 1.97 bits per heavy atom. The van der Waals surface area contributed by atoms with Gasteiger partial charge in [-0.25, -0.2) is 4.79 Å². The second-order valence-corrected chi connectivity index (χ2v) is 8.72. The molecule has 1 atom stereocenters. The molecule has 1 aromatic heterocycles. The van der Waals surface area contributed by atoms with Gasteiger partial charge in [-0.3, -0.25) is 9.88 Å². The highest BCUT2D eigenvalue weighted by atomic mass is 35.5. The Balaban J connectivity index is 1.33. The van der Waals surface area contributed by atoms with Crippen molar-refractivity contribution in [2.75, 3.05) is 24.5 Å². The number of benzene rings is 2. The molecule has 0 unspecified atom stereocenters. The fourth-order valence-corrected chi connectivity index (χ4v) is 4.95. The van der Waals surface area contributed by atoms with Crippen LogP contribution in [0.2, 0.25) is 5.02 Å². The van der Waals surface area contributed by atoms with Crippen LogP contribution in [0.15, 0.2) is 60.8 Å². The van der Waals surface area contributed by atoms with Gasteiger partial charge in [-0.2, -0.15) is 0 Å². The van der Waals surface area contributed by atoms with Crippen molar-refractivity contribution in [3.05, 3.63) is 82.5 Å². The minimum absolute atomic E-state index is 0.377. The maximum Gasteiger partial charge on any atom is 0.335 e. The molecule has 3 heterocycles. The van der Waals surface area contributed by atoms with Crippen molar-refractivity contribution in [1.82, 2.24) is 9.88 Å². The predicted molar refractivity (Wildman–Crippen MR) is 123 cm³/mol.